The van der Waals surface area contributed by atoms with Crippen LogP contribution in [-0.4, -0.2) is 46.9 Å². The van der Waals surface area contributed by atoms with E-state index < -0.39 is 18.2 Å². The van der Waals surface area contributed by atoms with Crippen molar-refractivity contribution in [3.63, 3.8) is 0 Å². The van der Waals surface area contributed by atoms with Crippen molar-refractivity contribution in [2.75, 3.05) is 6.61 Å². The molecule has 3 atom stereocenters. The van der Waals surface area contributed by atoms with Gasteiger partial charge in [-0.25, -0.2) is 0 Å². The van der Waals surface area contributed by atoms with Crippen LogP contribution in [0.1, 0.15) is 278 Å². The van der Waals surface area contributed by atoms with Gasteiger partial charge >= 0.3 is 5.97 Å². The number of amides is 1. The van der Waals surface area contributed by atoms with Crippen molar-refractivity contribution in [2.24, 2.45) is 0 Å². The van der Waals surface area contributed by atoms with Gasteiger partial charge in [0.25, 0.3) is 0 Å². The van der Waals surface area contributed by atoms with Gasteiger partial charge in [-0.2, -0.15) is 0 Å². The maximum Gasteiger partial charge on any atom is 0.306 e. The predicted molar refractivity (Wildman–Crippen MR) is 282 cm³/mol. The molecule has 0 aromatic heterocycles. The molecule has 0 aromatic rings. The van der Waals surface area contributed by atoms with Gasteiger partial charge in [-0.3, -0.25) is 9.59 Å². The molecule has 0 aromatic carbocycles. The number of rotatable bonds is 50. The molecule has 0 radical (unpaired) electrons. The van der Waals surface area contributed by atoms with E-state index >= 15 is 0 Å². The fourth-order valence-corrected chi connectivity index (χ4v) is 8.46. The van der Waals surface area contributed by atoms with Crippen LogP contribution in [0.3, 0.4) is 0 Å². The first kappa shape index (κ1) is 62.6. The first-order valence-corrected chi connectivity index (χ1v) is 28.1. The van der Waals surface area contributed by atoms with E-state index in [1.807, 2.05) is 36.5 Å². The summed E-state index contributed by atoms with van der Waals surface area (Å²) in [7, 11) is 0. The van der Waals surface area contributed by atoms with Gasteiger partial charge in [-0.05, 0) is 44.9 Å². The fraction of sp³-hybridized carbons (Fsp3) is 0.797. The Morgan fingerprint density at radius 3 is 1.25 bits per heavy atom. The van der Waals surface area contributed by atoms with Crippen molar-refractivity contribution in [3.05, 3.63) is 60.8 Å². The molecule has 6 nitrogen and oxygen atoms in total. The topological polar surface area (TPSA) is 95.9 Å². The Balaban J connectivity index is 4.60. The van der Waals surface area contributed by atoms with Crippen LogP contribution in [0.25, 0.3) is 0 Å². The maximum atomic E-state index is 13.2. The number of unbranched alkanes of at least 4 members (excludes halogenated alkanes) is 32. The van der Waals surface area contributed by atoms with Crippen LogP contribution in [0.2, 0.25) is 0 Å². The molecule has 378 valence electrons. The van der Waals surface area contributed by atoms with Gasteiger partial charge in [-0.15, -0.1) is 0 Å². The summed E-state index contributed by atoms with van der Waals surface area (Å²) in [5, 5.41) is 23.8. The molecule has 1 amide bonds. The minimum atomic E-state index is -0.800. The fourth-order valence-electron chi connectivity index (χ4n) is 8.46. The SMILES string of the molecule is CCC/C=C/C=C/C=C/C=C/C=C/CCCCCC(CC(=O)NC(CO)C(O)CCCCCCCCCCCCC)OC(=O)CCCCCCCCCCCCCCCCCCCCC. The zero-order valence-corrected chi connectivity index (χ0v) is 43.1. The number of allylic oxidation sites excluding steroid dienone is 10. The molecule has 0 aliphatic carbocycles. The van der Waals surface area contributed by atoms with Gasteiger partial charge in [0.15, 0.2) is 0 Å². The van der Waals surface area contributed by atoms with Gasteiger partial charge < -0.3 is 20.3 Å². The van der Waals surface area contributed by atoms with E-state index in [1.165, 1.54) is 161 Å². The highest BCUT2D eigenvalue weighted by Gasteiger charge is 2.24. The standard InChI is InChI=1S/C59H107NO5/c1-4-7-10-13-16-19-22-24-26-28-29-30-32-34-37-40-43-46-49-52-59(64)65-55(50-47-44-41-38-36-33-31-27-25-23-20-17-14-11-8-5-2)53-58(63)60-56(54-61)57(62)51-48-45-42-39-35-21-18-15-12-9-6-3/h11,14,17,20,23,25,27,31,33,36,55-57,61-62H,4-10,12-13,15-16,18-19,21-22,24,26,28-30,32,34-35,37-54H2,1-3H3,(H,60,63)/b14-11+,20-17+,25-23+,31-27+,36-33+. The Morgan fingerprint density at radius 2 is 0.815 bits per heavy atom. The molecule has 0 aliphatic rings. The highest BCUT2D eigenvalue weighted by atomic mass is 16.5. The number of nitrogens with one attached hydrogen (secondary N) is 1. The molecule has 0 bridgehead atoms. The van der Waals surface area contributed by atoms with E-state index in [0.29, 0.717) is 19.3 Å². The second kappa shape index (κ2) is 52.5. The molecular weight excluding hydrogens is 803 g/mol. The van der Waals surface area contributed by atoms with Crippen LogP contribution in [-0.2, 0) is 14.3 Å². The molecule has 0 saturated carbocycles. The smallest absolute Gasteiger partial charge is 0.306 e. The van der Waals surface area contributed by atoms with Crippen LogP contribution < -0.4 is 5.32 Å². The second-order valence-electron chi connectivity index (χ2n) is 19.1. The lowest BCUT2D eigenvalue weighted by atomic mass is 10.0. The number of esters is 1. The molecule has 0 fully saturated rings. The Bertz CT molecular complexity index is 1160. The molecule has 0 rings (SSSR count). The van der Waals surface area contributed by atoms with E-state index in [1.54, 1.807) is 0 Å². The van der Waals surface area contributed by atoms with Crippen LogP contribution >= 0.6 is 0 Å². The van der Waals surface area contributed by atoms with E-state index in [4.69, 9.17) is 4.74 Å². The van der Waals surface area contributed by atoms with Crippen LogP contribution in [0, 0.1) is 0 Å². The molecule has 0 heterocycles. The minimum absolute atomic E-state index is 0.0506. The third kappa shape index (κ3) is 47.8. The molecule has 65 heavy (non-hydrogen) atoms. The van der Waals surface area contributed by atoms with Gasteiger partial charge in [0.05, 0.1) is 25.2 Å². The highest BCUT2D eigenvalue weighted by molar-refractivity contribution is 5.77. The highest BCUT2D eigenvalue weighted by Crippen LogP contribution is 2.18. The van der Waals surface area contributed by atoms with Crippen LogP contribution in [0.15, 0.2) is 60.8 Å². The summed E-state index contributed by atoms with van der Waals surface area (Å²) in [6.07, 6.45) is 65.7. The third-order valence-electron chi connectivity index (χ3n) is 12.7. The lowest BCUT2D eigenvalue weighted by Crippen LogP contribution is -2.46. The zero-order valence-electron chi connectivity index (χ0n) is 43.1. The largest absolute Gasteiger partial charge is 0.462 e. The van der Waals surface area contributed by atoms with Crippen molar-refractivity contribution in [3.8, 4) is 0 Å². The van der Waals surface area contributed by atoms with Gasteiger partial charge in [0, 0.05) is 6.42 Å². The number of aliphatic hydroxyl groups excluding tert-OH is 2. The average Bonchev–Trinajstić information content (AvgIpc) is 3.30. The van der Waals surface area contributed by atoms with Gasteiger partial charge in [0.2, 0.25) is 5.91 Å². The summed E-state index contributed by atoms with van der Waals surface area (Å²) >= 11 is 0. The Labute approximate surface area is 403 Å². The lowest BCUT2D eigenvalue weighted by molar-refractivity contribution is -0.151. The van der Waals surface area contributed by atoms with E-state index in [9.17, 15) is 19.8 Å². The van der Waals surface area contributed by atoms with E-state index in [-0.39, 0.29) is 24.9 Å². The number of hydrogen-bond donors (Lipinski definition) is 3. The summed E-state index contributed by atoms with van der Waals surface area (Å²) in [6.45, 7) is 6.40. The zero-order chi connectivity index (χ0) is 47.4. The molecule has 3 unspecified atom stereocenters. The number of carbonyl (C=O) groups is 2. The number of aliphatic hydroxyl groups is 2. The van der Waals surface area contributed by atoms with Crippen molar-refractivity contribution in [2.45, 2.75) is 296 Å². The Hall–Kier alpha value is -2.44. The second-order valence-corrected chi connectivity index (χ2v) is 19.1. The first-order valence-electron chi connectivity index (χ1n) is 28.1. The molecule has 3 N–H and O–H groups in total. The van der Waals surface area contributed by atoms with Crippen molar-refractivity contribution in [1.82, 2.24) is 5.32 Å². The monoisotopic (exact) mass is 910 g/mol. The molecule has 0 saturated heterocycles. The summed E-state index contributed by atoms with van der Waals surface area (Å²) in [4.78, 5) is 26.2. The van der Waals surface area contributed by atoms with Crippen LogP contribution in [0.4, 0.5) is 0 Å². The molecule has 6 heteroatoms. The van der Waals surface area contributed by atoms with E-state index in [2.05, 4.69) is 50.4 Å². The lowest BCUT2D eigenvalue weighted by Gasteiger charge is -2.24. The molecule has 0 spiro atoms. The molecular formula is C59H107NO5. The summed E-state index contributed by atoms with van der Waals surface area (Å²) in [6, 6.07) is -0.716. The summed E-state index contributed by atoms with van der Waals surface area (Å²) < 4.78 is 5.94. The molecule has 0 aliphatic heterocycles. The van der Waals surface area contributed by atoms with Crippen LogP contribution in [0.5, 0.6) is 0 Å². The Morgan fingerprint density at radius 1 is 0.446 bits per heavy atom. The van der Waals surface area contributed by atoms with Gasteiger partial charge in [-0.1, -0.05) is 281 Å². The van der Waals surface area contributed by atoms with E-state index in [0.717, 1.165) is 70.6 Å². The third-order valence-corrected chi connectivity index (χ3v) is 12.7. The average molecular weight is 911 g/mol. The summed E-state index contributed by atoms with van der Waals surface area (Å²) in [5.41, 5.74) is 0. The number of carbonyl (C=O) groups excluding carboxylic acids is 2. The first-order chi connectivity index (χ1) is 32.0. The van der Waals surface area contributed by atoms with Crippen molar-refractivity contribution < 1.29 is 24.5 Å². The predicted octanol–water partition coefficient (Wildman–Crippen LogP) is 17.2. The number of hydrogen-bond acceptors (Lipinski definition) is 5. The maximum absolute atomic E-state index is 13.2. The Kier molecular flexibility index (Phi) is 50.6. The van der Waals surface area contributed by atoms with Crippen molar-refractivity contribution in [1.29, 1.82) is 0 Å². The normalized spacial score (nSPS) is 13.6. The summed E-state index contributed by atoms with van der Waals surface area (Å²) in [5.74, 6) is -0.507. The quantitative estimate of drug-likeness (QED) is 0.0321. The van der Waals surface area contributed by atoms with Gasteiger partial charge in [0.1, 0.15) is 6.10 Å². The minimum Gasteiger partial charge on any atom is -0.462 e. The van der Waals surface area contributed by atoms with Crippen molar-refractivity contribution >= 4 is 11.9 Å². The number of ether oxygens (including phenoxy) is 1.